The van der Waals surface area contributed by atoms with Gasteiger partial charge in [0.15, 0.2) is 17.3 Å². The zero-order valence-electron chi connectivity index (χ0n) is 12.3. The molecule has 0 radical (unpaired) electrons. The lowest BCUT2D eigenvalue weighted by Gasteiger charge is -2.07. The summed E-state index contributed by atoms with van der Waals surface area (Å²) in [7, 11) is 0. The average molecular weight is 303 g/mol. The van der Waals surface area contributed by atoms with Crippen LogP contribution in [0.2, 0.25) is 0 Å². The number of benzene rings is 1. The highest BCUT2D eigenvalue weighted by Gasteiger charge is 2.14. The Balaban J connectivity index is 1.44. The minimum atomic E-state index is -0.242. The summed E-state index contributed by atoms with van der Waals surface area (Å²) >= 11 is 0. The van der Waals surface area contributed by atoms with Crippen molar-refractivity contribution in [3.8, 4) is 17.2 Å². The third-order valence-electron chi connectivity index (χ3n) is 3.23. The van der Waals surface area contributed by atoms with Crippen LogP contribution in [0.5, 0.6) is 17.2 Å². The predicted octanol–water partition coefficient (Wildman–Crippen LogP) is 2.38. The number of fused-ring (bicyclic) bond motifs is 1. The Hall–Kier alpha value is -2.63. The standard InChI is InChI=1S/C16H17NO5/c1-2-11-3-6-14(22-11)16(18)17-7-8-19-12-4-5-13-15(9-12)21-10-20-13/h3-6,9H,2,7-8,10H2,1H3,(H,17,18). The largest absolute Gasteiger partial charge is 0.492 e. The van der Waals surface area contributed by atoms with Crippen LogP contribution in [-0.2, 0) is 6.42 Å². The van der Waals surface area contributed by atoms with E-state index in [1.165, 1.54) is 0 Å². The van der Waals surface area contributed by atoms with Crippen LogP contribution in [0.1, 0.15) is 23.2 Å². The maximum Gasteiger partial charge on any atom is 0.287 e. The van der Waals surface area contributed by atoms with Gasteiger partial charge in [-0.15, -0.1) is 0 Å². The number of aryl methyl sites for hydroxylation is 1. The van der Waals surface area contributed by atoms with E-state index in [1.54, 1.807) is 30.3 Å². The molecule has 1 aromatic carbocycles. The van der Waals surface area contributed by atoms with E-state index in [4.69, 9.17) is 18.6 Å². The first-order valence-electron chi connectivity index (χ1n) is 7.15. The van der Waals surface area contributed by atoms with Gasteiger partial charge in [-0.25, -0.2) is 0 Å². The van der Waals surface area contributed by atoms with Gasteiger partial charge in [-0.3, -0.25) is 4.79 Å². The van der Waals surface area contributed by atoms with Crippen LogP contribution in [0.15, 0.2) is 34.7 Å². The summed E-state index contributed by atoms with van der Waals surface area (Å²) in [6, 6.07) is 8.84. The summed E-state index contributed by atoms with van der Waals surface area (Å²) in [6.45, 7) is 2.94. The molecule has 1 N–H and O–H groups in total. The van der Waals surface area contributed by atoms with Crippen LogP contribution < -0.4 is 19.5 Å². The molecular weight excluding hydrogens is 286 g/mol. The highest BCUT2D eigenvalue weighted by atomic mass is 16.7. The summed E-state index contributed by atoms with van der Waals surface area (Å²) < 4.78 is 21.4. The van der Waals surface area contributed by atoms with Crippen molar-refractivity contribution in [2.24, 2.45) is 0 Å². The molecule has 2 heterocycles. The van der Waals surface area contributed by atoms with E-state index in [0.717, 1.165) is 12.2 Å². The molecule has 1 aromatic heterocycles. The second kappa shape index (κ2) is 6.43. The Kier molecular flexibility index (Phi) is 4.18. The molecule has 1 aliphatic heterocycles. The summed E-state index contributed by atoms with van der Waals surface area (Å²) in [5.41, 5.74) is 0. The number of carbonyl (C=O) groups excluding carboxylic acids is 1. The van der Waals surface area contributed by atoms with Crippen molar-refractivity contribution in [3.63, 3.8) is 0 Å². The van der Waals surface area contributed by atoms with Crippen molar-refractivity contribution in [2.45, 2.75) is 13.3 Å². The van der Waals surface area contributed by atoms with Crippen molar-refractivity contribution >= 4 is 5.91 Å². The van der Waals surface area contributed by atoms with Gasteiger partial charge in [0.2, 0.25) is 6.79 Å². The molecule has 0 saturated carbocycles. The van der Waals surface area contributed by atoms with Gasteiger partial charge in [-0.05, 0) is 24.3 Å². The first-order chi connectivity index (χ1) is 10.8. The number of nitrogens with one attached hydrogen (secondary N) is 1. The van der Waals surface area contributed by atoms with Crippen molar-refractivity contribution in [1.82, 2.24) is 5.32 Å². The molecule has 2 aromatic rings. The number of furan rings is 1. The molecule has 3 rings (SSSR count). The Morgan fingerprint density at radius 2 is 2.09 bits per heavy atom. The van der Waals surface area contributed by atoms with E-state index in [9.17, 15) is 4.79 Å². The second-order valence-electron chi connectivity index (χ2n) is 4.74. The minimum absolute atomic E-state index is 0.234. The fourth-order valence-electron chi connectivity index (χ4n) is 2.08. The van der Waals surface area contributed by atoms with E-state index in [2.05, 4.69) is 5.32 Å². The first-order valence-corrected chi connectivity index (χ1v) is 7.15. The molecule has 116 valence electrons. The molecule has 0 fully saturated rings. The smallest absolute Gasteiger partial charge is 0.287 e. The maximum absolute atomic E-state index is 11.8. The normalized spacial score (nSPS) is 12.2. The lowest BCUT2D eigenvalue weighted by molar-refractivity contribution is 0.0917. The van der Waals surface area contributed by atoms with Gasteiger partial charge in [0.05, 0.1) is 6.54 Å². The second-order valence-corrected chi connectivity index (χ2v) is 4.74. The predicted molar refractivity (Wildman–Crippen MR) is 78.5 cm³/mol. The molecule has 0 atom stereocenters. The molecule has 6 heteroatoms. The van der Waals surface area contributed by atoms with Crippen LogP contribution in [0.3, 0.4) is 0 Å². The number of rotatable bonds is 6. The number of ether oxygens (including phenoxy) is 3. The number of carbonyl (C=O) groups is 1. The topological polar surface area (TPSA) is 69.9 Å². The van der Waals surface area contributed by atoms with Crippen molar-refractivity contribution in [3.05, 3.63) is 41.9 Å². The van der Waals surface area contributed by atoms with E-state index in [1.807, 2.05) is 6.92 Å². The molecule has 0 spiro atoms. The molecule has 22 heavy (non-hydrogen) atoms. The van der Waals surface area contributed by atoms with E-state index in [0.29, 0.717) is 36.2 Å². The van der Waals surface area contributed by atoms with Gasteiger partial charge >= 0.3 is 0 Å². The Morgan fingerprint density at radius 1 is 1.23 bits per heavy atom. The molecule has 0 unspecified atom stereocenters. The number of hydrogen-bond acceptors (Lipinski definition) is 5. The van der Waals surface area contributed by atoms with Gasteiger partial charge in [-0.2, -0.15) is 0 Å². The van der Waals surface area contributed by atoms with Gasteiger partial charge in [0.1, 0.15) is 18.1 Å². The monoisotopic (exact) mass is 303 g/mol. The minimum Gasteiger partial charge on any atom is -0.492 e. The van der Waals surface area contributed by atoms with Crippen molar-refractivity contribution in [2.75, 3.05) is 19.9 Å². The van der Waals surface area contributed by atoms with Gasteiger partial charge in [0, 0.05) is 12.5 Å². The quantitative estimate of drug-likeness (QED) is 0.830. The Morgan fingerprint density at radius 3 is 2.91 bits per heavy atom. The van der Waals surface area contributed by atoms with Crippen LogP contribution in [0.25, 0.3) is 0 Å². The van der Waals surface area contributed by atoms with Crippen LogP contribution in [0.4, 0.5) is 0 Å². The number of amides is 1. The zero-order chi connectivity index (χ0) is 15.4. The van der Waals surface area contributed by atoms with Gasteiger partial charge < -0.3 is 23.9 Å². The molecule has 0 bridgehead atoms. The highest BCUT2D eigenvalue weighted by molar-refractivity contribution is 5.91. The fourth-order valence-corrected chi connectivity index (χ4v) is 2.08. The van der Waals surface area contributed by atoms with E-state index in [-0.39, 0.29) is 12.7 Å². The van der Waals surface area contributed by atoms with Gasteiger partial charge in [0.25, 0.3) is 5.91 Å². The summed E-state index contributed by atoms with van der Waals surface area (Å²) in [4.78, 5) is 11.8. The van der Waals surface area contributed by atoms with Crippen LogP contribution in [0, 0.1) is 0 Å². The fraction of sp³-hybridized carbons (Fsp3) is 0.312. The SMILES string of the molecule is CCc1ccc(C(=O)NCCOc2ccc3c(c2)OCO3)o1. The number of hydrogen-bond donors (Lipinski definition) is 1. The third-order valence-corrected chi connectivity index (χ3v) is 3.23. The lowest BCUT2D eigenvalue weighted by atomic mass is 10.3. The Labute approximate surface area is 128 Å². The van der Waals surface area contributed by atoms with Crippen molar-refractivity contribution < 1.29 is 23.4 Å². The summed E-state index contributed by atoms with van der Waals surface area (Å²) in [6.07, 6.45) is 0.764. The van der Waals surface area contributed by atoms with E-state index >= 15 is 0 Å². The molecule has 1 amide bonds. The van der Waals surface area contributed by atoms with E-state index < -0.39 is 0 Å². The molecule has 0 aliphatic carbocycles. The summed E-state index contributed by atoms with van der Waals surface area (Å²) in [5.74, 6) is 2.93. The van der Waals surface area contributed by atoms with Crippen LogP contribution in [-0.4, -0.2) is 25.9 Å². The zero-order valence-corrected chi connectivity index (χ0v) is 12.3. The van der Waals surface area contributed by atoms with Crippen LogP contribution >= 0.6 is 0 Å². The average Bonchev–Trinajstić information content (AvgIpc) is 3.19. The van der Waals surface area contributed by atoms with Crippen molar-refractivity contribution in [1.29, 1.82) is 0 Å². The molecule has 6 nitrogen and oxygen atoms in total. The maximum atomic E-state index is 11.8. The lowest BCUT2D eigenvalue weighted by Crippen LogP contribution is -2.27. The molecular formula is C16H17NO5. The highest BCUT2D eigenvalue weighted by Crippen LogP contribution is 2.34. The molecule has 0 saturated heterocycles. The summed E-state index contributed by atoms with van der Waals surface area (Å²) in [5, 5.41) is 2.75. The van der Waals surface area contributed by atoms with Gasteiger partial charge in [-0.1, -0.05) is 6.92 Å². The third kappa shape index (κ3) is 3.16. The Bertz CT molecular complexity index is 664. The molecule has 1 aliphatic rings. The first kappa shape index (κ1) is 14.3.